The minimum Gasteiger partial charge on any atom is -0.464 e. The van der Waals surface area contributed by atoms with Gasteiger partial charge in [0.05, 0.1) is 13.2 Å². The predicted octanol–water partition coefficient (Wildman–Crippen LogP) is 5.20. The normalized spacial score (nSPS) is 10.7. The zero-order chi connectivity index (χ0) is 19.3. The van der Waals surface area contributed by atoms with Crippen LogP contribution in [0.3, 0.4) is 0 Å². The topological polar surface area (TPSA) is 61.8 Å². The van der Waals surface area contributed by atoms with Crippen molar-refractivity contribution in [3.63, 3.8) is 0 Å². The molecule has 0 saturated heterocycles. The molecule has 0 aliphatic carbocycles. The second-order valence-corrected chi connectivity index (χ2v) is 6.82. The van der Waals surface area contributed by atoms with E-state index >= 15 is 0 Å². The quantitative estimate of drug-likeness (QED) is 0.230. The summed E-state index contributed by atoms with van der Waals surface area (Å²) in [4.78, 5) is 22.6. The van der Waals surface area contributed by atoms with Gasteiger partial charge in [0.15, 0.2) is 0 Å². The van der Waals surface area contributed by atoms with E-state index in [4.69, 9.17) is 14.2 Å². The molecule has 0 rings (SSSR count). The average Bonchev–Trinajstić information content (AvgIpc) is 2.63. The molecule has 0 saturated carbocycles. The Kier molecular flexibility index (Phi) is 19.4. The molecule has 0 fully saturated rings. The summed E-state index contributed by atoms with van der Waals surface area (Å²) in [5.74, 6) is -0.864. The molecule has 0 aliphatic rings. The van der Waals surface area contributed by atoms with Crippen molar-refractivity contribution in [2.45, 2.75) is 97.3 Å². The van der Waals surface area contributed by atoms with Crippen LogP contribution in [0.5, 0.6) is 0 Å². The van der Waals surface area contributed by atoms with Gasteiger partial charge in [0.2, 0.25) is 0 Å². The van der Waals surface area contributed by atoms with Crippen LogP contribution < -0.4 is 0 Å². The molecule has 5 heteroatoms. The number of rotatable bonds is 19. The molecule has 0 aliphatic heterocycles. The Morgan fingerprint density at radius 3 is 1.42 bits per heavy atom. The van der Waals surface area contributed by atoms with Crippen molar-refractivity contribution in [3.8, 4) is 0 Å². The summed E-state index contributed by atoms with van der Waals surface area (Å²) in [6, 6.07) is 0. The van der Waals surface area contributed by atoms with Gasteiger partial charge in [0.25, 0.3) is 0 Å². The van der Waals surface area contributed by atoms with Gasteiger partial charge in [-0.2, -0.15) is 0 Å². The Balaban J connectivity index is 3.22. The number of carbonyl (C=O) groups is 2. The fraction of sp³-hybridized carbons (Fsp3) is 0.905. The zero-order valence-electron chi connectivity index (χ0n) is 17.1. The summed E-state index contributed by atoms with van der Waals surface area (Å²) in [5.41, 5.74) is 0. The Morgan fingerprint density at radius 1 is 0.538 bits per heavy atom. The molecule has 0 atom stereocenters. The number of ether oxygens (including phenoxy) is 3. The van der Waals surface area contributed by atoms with Gasteiger partial charge in [-0.05, 0) is 12.8 Å². The van der Waals surface area contributed by atoms with Gasteiger partial charge in [-0.3, -0.25) is 0 Å². The van der Waals surface area contributed by atoms with Gasteiger partial charge in [0.1, 0.15) is 13.2 Å². The fourth-order valence-corrected chi connectivity index (χ4v) is 2.65. The van der Waals surface area contributed by atoms with E-state index in [1.54, 1.807) is 0 Å². The predicted molar refractivity (Wildman–Crippen MR) is 104 cm³/mol. The Morgan fingerprint density at radius 2 is 0.962 bits per heavy atom. The lowest BCUT2D eigenvalue weighted by molar-refractivity contribution is -0.155. The van der Waals surface area contributed by atoms with E-state index in [0.717, 1.165) is 19.3 Å². The molecule has 0 aromatic heterocycles. The molecule has 0 aromatic rings. The lowest BCUT2D eigenvalue weighted by Gasteiger charge is -2.06. The summed E-state index contributed by atoms with van der Waals surface area (Å²) in [6.45, 7) is 4.59. The smallest absolute Gasteiger partial charge is 0.332 e. The standard InChI is InChI=1S/C21H40O5/c1-3-5-6-7-8-9-10-11-12-13-14-15-17-26-21(23)19-24-18-20(22)25-16-4-2/h3-19H2,1-2H3. The van der Waals surface area contributed by atoms with E-state index in [2.05, 4.69) is 6.92 Å². The molecule has 0 spiro atoms. The number of carbonyl (C=O) groups excluding carboxylic acids is 2. The summed E-state index contributed by atoms with van der Waals surface area (Å²) in [6.07, 6.45) is 16.1. The zero-order valence-corrected chi connectivity index (χ0v) is 17.1. The van der Waals surface area contributed by atoms with Crippen LogP contribution in [-0.4, -0.2) is 38.4 Å². The Hall–Kier alpha value is -1.10. The van der Waals surface area contributed by atoms with Gasteiger partial charge in [-0.25, -0.2) is 9.59 Å². The van der Waals surface area contributed by atoms with E-state index in [9.17, 15) is 9.59 Å². The molecular formula is C21H40O5. The van der Waals surface area contributed by atoms with Crippen molar-refractivity contribution in [1.82, 2.24) is 0 Å². The second-order valence-electron chi connectivity index (χ2n) is 6.82. The van der Waals surface area contributed by atoms with Crippen molar-refractivity contribution in [1.29, 1.82) is 0 Å². The first kappa shape index (κ1) is 24.9. The SMILES string of the molecule is CCCCCCCCCCCCCCOC(=O)COCC(=O)OCCC. The largest absolute Gasteiger partial charge is 0.464 e. The number of hydrogen-bond acceptors (Lipinski definition) is 5. The number of esters is 2. The lowest BCUT2D eigenvalue weighted by Crippen LogP contribution is -2.19. The maximum Gasteiger partial charge on any atom is 0.332 e. The molecule has 0 radical (unpaired) electrons. The van der Waals surface area contributed by atoms with Crippen molar-refractivity contribution < 1.29 is 23.8 Å². The maximum atomic E-state index is 11.4. The van der Waals surface area contributed by atoms with Crippen molar-refractivity contribution >= 4 is 11.9 Å². The molecule has 0 aromatic carbocycles. The second kappa shape index (κ2) is 20.2. The van der Waals surface area contributed by atoms with Gasteiger partial charge in [-0.15, -0.1) is 0 Å². The van der Waals surface area contributed by atoms with Crippen LogP contribution in [0.4, 0.5) is 0 Å². The van der Waals surface area contributed by atoms with Crippen LogP contribution in [0.1, 0.15) is 97.3 Å². The third-order valence-corrected chi connectivity index (χ3v) is 4.17. The van der Waals surface area contributed by atoms with Gasteiger partial charge < -0.3 is 14.2 Å². The third kappa shape index (κ3) is 19.2. The van der Waals surface area contributed by atoms with Crippen molar-refractivity contribution in [3.05, 3.63) is 0 Å². The molecule has 0 heterocycles. The molecule has 0 bridgehead atoms. The van der Waals surface area contributed by atoms with Gasteiger partial charge in [-0.1, -0.05) is 84.5 Å². The summed E-state index contributed by atoms with van der Waals surface area (Å²) in [5, 5.41) is 0. The first-order chi connectivity index (χ1) is 12.7. The van der Waals surface area contributed by atoms with E-state index in [1.165, 1.54) is 64.2 Å². The molecule has 0 unspecified atom stereocenters. The Bertz CT molecular complexity index is 330. The fourth-order valence-electron chi connectivity index (χ4n) is 2.65. The van der Waals surface area contributed by atoms with Crippen LogP contribution in [0.25, 0.3) is 0 Å². The van der Waals surface area contributed by atoms with Crippen LogP contribution in [0.2, 0.25) is 0 Å². The lowest BCUT2D eigenvalue weighted by atomic mass is 10.1. The maximum absolute atomic E-state index is 11.4. The van der Waals surface area contributed by atoms with E-state index in [0.29, 0.717) is 13.2 Å². The molecule has 5 nitrogen and oxygen atoms in total. The highest BCUT2D eigenvalue weighted by molar-refractivity contribution is 5.73. The summed E-state index contributed by atoms with van der Waals surface area (Å²) < 4.78 is 14.9. The van der Waals surface area contributed by atoms with Crippen molar-refractivity contribution in [2.75, 3.05) is 26.4 Å². The third-order valence-electron chi connectivity index (χ3n) is 4.17. The van der Waals surface area contributed by atoms with Crippen LogP contribution in [-0.2, 0) is 23.8 Å². The van der Waals surface area contributed by atoms with E-state index in [-0.39, 0.29) is 13.2 Å². The average molecular weight is 373 g/mol. The minimum atomic E-state index is -0.444. The number of unbranched alkanes of at least 4 members (excludes halogenated alkanes) is 11. The highest BCUT2D eigenvalue weighted by atomic mass is 16.6. The highest BCUT2D eigenvalue weighted by Crippen LogP contribution is 2.11. The first-order valence-corrected chi connectivity index (χ1v) is 10.6. The Labute approximate surface area is 160 Å². The minimum absolute atomic E-state index is 0.195. The van der Waals surface area contributed by atoms with Crippen molar-refractivity contribution in [2.24, 2.45) is 0 Å². The van der Waals surface area contributed by atoms with Crippen LogP contribution in [0.15, 0.2) is 0 Å². The molecule has 0 N–H and O–H groups in total. The molecule has 26 heavy (non-hydrogen) atoms. The molecule has 0 amide bonds. The molecular weight excluding hydrogens is 332 g/mol. The first-order valence-electron chi connectivity index (χ1n) is 10.6. The van der Waals surface area contributed by atoms with Gasteiger partial charge >= 0.3 is 11.9 Å². The highest BCUT2D eigenvalue weighted by Gasteiger charge is 2.06. The summed E-state index contributed by atoms with van der Waals surface area (Å²) >= 11 is 0. The van der Waals surface area contributed by atoms with E-state index in [1.807, 2.05) is 6.92 Å². The van der Waals surface area contributed by atoms with Gasteiger partial charge in [0, 0.05) is 0 Å². The van der Waals surface area contributed by atoms with Crippen LogP contribution >= 0.6 is 0 Å². The monoisotopic (exact) mass is 372 g/mol. The summed E-state index contributed by atoms with van der Waals surface area (Å²) in [7, 11) is 0. The van der Waals surface area contributed by atoms with Crippen LogP contribution in [0, 0.1) is 0 Å². The number of hydrogen-bond donors (Lipinski definition) is 0. The van der Waals surface area contributed by atoms with E-state index < -0.39 is 11.9 Å². The molecule has 154 valence electrons.